The van der Waals surface area contributed by atoms with Gasteiger partial charge in [-0.05, 0) is 30.2 Å². The maximum Gasteiger partial charge on any atom is 0.257 e. The second kappa shape index (κ2) is 6.06. The average molecular weight is 260 g/mol. The number of aliphatic hydroxyl groups is 1. The minimum atomic E-state index is -0.550. The van der Waals surface area contributed by atoms with Crippen molar-refractivity contribution >= 4 is 11.6 Å². The van der Waals surface area contributed by atoms with Crippen molar-refractivity contribution in [3.63, 3.8) is 0 Å². The van der Waals surface area contributed by atoms with Crippen LogP contribution in [0.2, 0.25) is 0 Å². The van der Waals surface area contributed by atoms with Gasteiger partial charge in [-0.15, -0.1) is 0 Å². The molecule has 98 valence electrons. The highest BCUT2D eigenvalue weighted by atomic mass is 19.1. The van der Waals surface area contributed by atoms with Crippen LogP contribution in [0.15, 0.2) is 42.7 Å². The van der Waals surface area contributed by atoms with E-state index in [4.69, 9.17) is 5.11 Å². The van der Waals surface area contributed by atoms with Crippen LogP contribution in [0.3, 0.4) is 0 Å². The van der Waals surface area contributed by atoms with E-state index in [0.717, 1.165) is 17.8 Å². The molecule has 0 spiro atoms. The molecule has 2 aromatic rings. The normalized spacial score (nSPS) is 10.2. The Morgan fingerprint density at radius 2 is 2.00 bits per heavy atom. The van der Waals surface area contributed by atoms with Crippen LogP contribution < -0.4 is 5.32 Å². The Labute approximate surface area is 109 Å². The number of aliphatic hydroxyl groups excluding tert-OH is 1. The first kappa shape index (κ1) is 13.2. The monoisotopic (exact) mass is 260 g/mol. The van der Waals surface area contributed by atoms with Crippen molar-refractivity contribution in [2.45, 2.75) is 6.42 Å². The molecule has 0 fully saturated rings. The standard InChI is InChI=1S/C14H13FN2O2/c15-12-7-11(8-16-9-12)14(19)17-13-3-1-10(2-4-13)5-6-18/h1-4,7-9,18H,5-6H2,(H,17,19). The highest BCUT2D eigenvalue weighted by Crippen LogP contribution is 2.12. The van der Waals surface area contributed by atoms with Crippen LogP contribution in [-0.4, -0.2) is 22.6 Å². The molecule has 4 nitrogen and oxygen atoms in total. The number of halogens is 1. The van der Waals surface area contributed by atoms with Gasteiger partial charge < -0.3 is 10.4 Å². The van der Waals surface area contributed by atoms with E-state index in [0.29, 0.717) is 12.1 Å². The van der Waals surface area contributed by atoms with Gasteiger partial charge >= 0.3 is 0 Å². The first-order valence-corrected chi connectivity index (χ1v) is 5.81. The summed E-state index contributed by atoms with van der Waals surface area (Å²) in [5.74, 6) is -0.965. The minimum absolute atomic E-state index is 0.0840. The van der Waals surface area contributed by atoms with Crippen molar-refractivity contribution in [2.24, 2.45) is 0 Å². The number of carbonyl (C=O) groups is 1. The third-order valence-corrected chi connectivity index (χ3v) is 2.58. The van der Waals surface area contributed by atoms with Gasteiger partial charge in [0.2, 0.25) is 0 Å². The quantitative estimate of drug-likeness (QED) is 0.884. The molecular weight excluding hydrogens is 247 g/mol. The van der Waals surface area contributed by atoms with Gasteiger partial charge in [-0.1, -0.05) is 12.1 Å². The van der Waals surface area contributed by atoms with Crippen LogP contribution in [0.4, 0.5) is 10.1 Å². The van der Waals surface area contributed by atoms with Crippen LogP contribution in [0.1, 0.15) is 15.9 Å². The molecule has 1 heterocycles. The van der Waals surface area contributed by atoms with Crippen molar-refractivity contribution in [1.82, 2.24) is 4.98 Å². The second-order valence-electron chi connectivity index (χ2n) is 4.02. The summed E-state index contributed by atoms with van der Waals surface area (Å²) in [5.41, 5.74) is 1.75. The maximum atomic E-state index is 12.9. The number of amides is 1. The molecule has 0 saturated heterocycles. The number of hydrogen-bond acceptors (Lipinski definition) is 3. The Balaban J connectivity index is 2.06. The molecular formula is C14H13FN2O2. The van der Waals surface area contributed by atoms with Crippen molar-refractivity contribution in [3.8, 4) is 0 Å². The van der Waals surface area contributed by atoms with E-state index in [9.17, 15) is 9.18 Å². The number of hydrogen-bond donors (Lipinski definition) is 2. The zero-order valence-electron chi connectivity index (χ0n) is 10.1. The fourth-order valence-electron chi connectivity index (χ4n) is 1.62. The Bertz CT molecular complexity index is 570. The van der Waals surface area contributed by atoms with Gasteiger partial charge in [0, 0.05) is 18.5 Å². The van der Waals surface area contributed by atoms with Gasteiger partial charge in [0.1, 0.15) is 5.82 Å². The molecule has 0 bridgehead atoms. The zero-order chi connectivity index (χ0) is 13.7. The van der Waals surface area contributed by atoms with Gasteiger partial charge in [-0.3, -0.25) is 9.78 Å². The summed E-state index contributed by atoms with van der Waals surface area (Å²) < 4.78 is 12.9. The first-order valence-electron chi connectivity index (χ1n) is 5.81. The van der Waals surface area contributed by atoms with E-state index in [1.54, 1.807) is 12.1 Å². The molecule has 1 aromatic heterocycles. The molecule has 0 radical (unpaired) electrons. The van der Waals surface area contributed by atoms with Crippen LogP contribution in [0.25, 0.3) is 0 Å². The van der Waals surface area contributed by atoms with Crippen molar-refractivity contribution < 1.29 is 14.3 Å². The number of anilines is 1. The molecule has 1 aromatic carbocycles. The van der Waals surface area contributed by atoms with Gasteiger partial charge in [-0.25, -0.2) is 4.39 Å². The largest absolute Gasteiger partial charge is 0.396 e. The first-order chi connectivity index (χ1) is 9.19. The van der Waals surface area contributed by atoms with Crippen molar-refractivity contribution in [1.29, 1.82) is 0 Å². The summed E-state index contributed by atoms with van der Waals surface area (Å²) in [4.78, 5) is 15.4. The lowest BCUT2D eigenvalue weighted by Gasteiger charge is -2.06. The smallest absolute Gasteiger partial charge is 0.257 e. The third-order valence-electron chi connectivity index (χ3n) is 2.58. The lowest BCUT2D eigenvalue weighted by Crippen LogP contribution is -2.12. The third kappa shape index (κ3) is 3.59. The predicted molar refractivity (Wildman–Crippen MR) is 69.4 cm³/mol. The van der Waals surface area contributed by atoms with E-state index in [2.05, 4.69) is 10.3 Å². The molecule has 0 aliphatic rings. The molecule has 0 saturated carbocycles. The summed E-state index contributed by atoms with van der Waals surface area (Å²) in [5, 5.41) is 11.4. The van der Waals surface area contributed by atoms with E-state index in [1.807, 2.05) is 12.1 Å². The van der Waals surface area contributed by atoms with Crippen molar-refractivity contribution in [3.05, 3.63) is 59.7 Å². The molecule has 19 heavy (non-hydrogen) atoms. The van der Waals surface area contributed by atoms with Crippen LogP contribution in [-0.2, 0) is 6.42 Å². The number of benzene rings is 1. The van der Waals surface area contributed by atoms with Crippen molar-refractivity contribution in [2.75, 3.05) is 11.9 Å². The molecule has 0 aliphatic carbocycles. The molecule has 0 unspecified atom stereocenters. The number of nitrogens with one attached hydrogen (secondary N) is 1. The Kier molecular flexibility index (Phi) is 4.20. The molecule has 0 aliphatic heterocycles. The van der Waals surface area contributed by atoms with Gasteiger partial charge in [0.05, 0.1) is 11.8 Å². The number of nitrogens with zero attached hydrogens (tertiary/aromatic N) is 1. The SMILES string of the molecule is O=C(Nc1ccc(CCO)cc1)c1cncc(F)c1. The van der Waals surface area contributed by atoms with Gasteiger partial charge in [-0.2, -0.15) is 0 Å². The lowest BCUT2D eigenvalue weighted by molar-refractivity contribution is 0.102. The molecule has 2 N–H and O–H groups in total. The van der Waals surface area contributed by atoms with E-state index in [1.165, 1.54) is 6.20 Å². The Hall–Kier alpha value is -2.27. The topological polar surface area (TPSA) is 62.2 Å². The number of rotatable bonds is 4. The highest BCUT2D eigenvalue weighted by Gasteiger charge is 2.07. The molecule has 0 atom stereocenters. The summed E-state index contributed by atoms with van der Waals surface area (Å²) in [6.07, 6.45) is 2.92. The summed E-state index contributed by atoms with van der Waals surface area (Å²) in [6, 6.07) is 8.22. The second-order valence-corrected chi connectivity index (χ2v) is 4.02. The summed E-state index contributed by atoms with van der Waals surface area (Å²) in [6.45, 7) is 0.0840. The maximum absolute atomic E-state index is 12.9. The zero-order valence-corrected chi connectivity index (χ0v) is 10.1. The minimum Gasteiger partial charge on any atom is -0.396 e. The van der Waals surface area contributed by atoms with E-state index >= 15 is 0 Å². The number of aromatic nitrogens is 1. The van der Waals surface area contributed by atoms with Crippen LogP contribution in [0, 0.1) is 5.82 Å². The molecule has 2 rings (SSSR count). The Morgan fingerprint density at radius 1 is 1.26 bits per heavy atom. The Morgan fingerprint density at radius 3 is 2.63 bits per heavy atom. The molecule has 1 amide bonds. The number of carbonyl (C=O) groups excluding carboxylic acids is 1. The van der Waals surface area contributed by atoms with E-state index < -0.39 is 11.7 Å². The number of pyridine rings is 1. The lowest BCUT2D eigenvalue weighted by atomic mass is 10.1. The van der Waals surface area contributed by atoms with Crippen LogP contribution in [0.5, 0.6) is 0 Å². The summed E-state index contributed by atoms with van der Waals surface area (Å²) >= 11 is 0. The summed E-state index contributed by atoms with van der Waals surface area (Å²) in [7, 11) is 0. The fraction of sp³-hybridized carbons (Fsp3) is 0.143. The fourth-order valence-corrected chi connectivity index (χ4v) is 1.62. The predicted octanol–water partition coefficient (Wildman–Crippen LogP) is 2.01. The highest BCUT2D eigenvalue weighted by molar-refractivity contribution is 6.04. The molecule has 5 heteroatoms. The van der Waals surface area contributed by atoms with Gasteiger partial charge in [0.15, 0.2) is 0 Å². The van der Waals surface area contributed by atoms with Crippen LogP contribution >= 0.6 is 0 Å². The average Bonchev–Trinajstić information content (AvgIpc) is 2.41. The van der Waals surface area contributed by atoms with Gasteiger partial charge in [0.25, 0.3) is 5.91 Å². The van der Waals surface area contributed by atoms with E-state index in [-0.39, 0.29) is 12.2 Å².